The Bertz CT molecular complexity index is 605. The van der Waals surface area contributed by atoms with E-state index < -0.39 is 48.0 Å². The second kappa shape index (κ2) is 19.5. The Morgan fingerprint density at radius 2 is 0.818 bits per heavy atom. The molecule has 0 aliphatic heterocycles. The van der Waals surface area contributed by atoms with Gasteiger partial charge in [0.25, 0.3) is 0 Å². The maximum Gasteiger partial charge on any atom is 0.306 e. The Morgan fingerprint density at radius 1 is 0.485 bits per heavy atom. The summed E-state index contributed by atoms with van der Waals surface area (Å²) in [6, 6.07) is 0. The topological polar surface area (TPSA) is 158 Å². The monoisotopic (exact) mass is 478 g/mol. The molecule has 0 aliphatic rings. The highest BCUT2D eigenvalue weighted by molar-refractivity contribution is 5.70. The predicted molar refractivity (Wildman–Crippen MR) is 111 cm³/mol. The van der Waals surface area contributed by atoms with Crippen LogP contribution < -0.4 is 0 Å². The standard InChI is InChI=1S/C12H20O6.C9H14O6/c1-4-10(13)16-7-9(18-12(15)6-3)8-17-11(14)5-2;1-6(10)13-4-9(15-8(3)12)5-14-7(2)11/h9H,4-8H2,1-3H3;9H,4-5H2,1-3H3. The molecule has 190 valence electrons. The fourth-order valence-corrected chi connectivity index (χ4v) is 1.73. The molecular weight excluding hydrogens is 444 g/mol. The number of hydrogen-bond donors (Lipinski definition) is 0. The molecule has 0 atom stereocenters. The summed E-state index contributed by atoms with van der Waals surface area (Å²) in [6.45, 7) is 8.20. The minimum Gasteiger partial charge on any atom is -0.462 e. The van der Waals surface area contributed by atoms with Crippen molar-refractivity contribution in [2.75, 3.05) is 26.4 Å². The van der Waals surface area contributed by atoms with E-state index in [-0.39, 0.29) is 45.7 Å². The Labute approximate surface area is 193 Å². The third-order valence-electron chi connectivity index (χ3n) is 3.30. The second-order valence-corrected chi connectivity index (χ2v) is 6.38. The molecule has 0 bridgehead atoms. The van der Waals surface area contributed by atoms with Crippen LogP contribution in [-0.2, 0) is 57.2 Å². The number of hydrogen-bond acceptors (Lipinski definition) is 12. The van der Waals surface area contributed by atoms with Crippen LogP contribution in [0.3, 0.4) is 0 Å². The van der Waals surface area contributed by atoms with Gasteiger partial charge in [-0.1, -0.05) is 20.8 Å². The van der Waals surface area contributed by atoms with Crippen LogP contribution in [0.25, 0.3) is 0 Å². The summed E-state index contributed by atoms with van der Waals surface area (Å²) < 4.78 is 28.7. The van der Waals surface area contributed by atoms with E-state index in [0.29, 0.717) is 0 Å². The van der Waals surface area contributed by atoms with Gasteiger partial charge in [0, 0.05) is 40.0 Å². The van der Waals surface area contributed by atoms with Crippen molar-refractivity contribution in [1.82, 2.24) is 0 Å². The van der Waals surface area contributed by atoms with Crippen molar-refractivity contribution >= 4 is 35.8 Å². The van der Waals surface area contributed by atoms with Crippen molar-refractivity contribution in [3.63, 3.8) is 0 Å². The van der Waals surface area contributed by atoms with Gasteiger partial charge in [-0.15, -0.1) is 0 Å². The lowest BCUT2D eigenvalue weighted by molar-refractivity contribution is -0.166. The van der Waals surface area contributed by atoms with Gasteiger partial charge in [0.05, 0.1) is 0 Å². The van der Waals surface area contributed by atoms with Crippen LogP contribution in [0, 0.1) is 0 Å². The zero-order valence-corrected chi connectivity index (χ0v) is 20.0. The molecule has 0 aromatic rings. The van der Waals surface area contributed by atoms with Gasteiger partial charge in [-0.3, -0.25) is 28.8 Å². The van der Waals surface area contributed by atoms with Crippen LogP contribution in [0.1, 0.15) is 60.8 Å². The lowest BCUT2D eigenvalue weighted by Gasteiger charge is -2.17. The van der Waals surface area contributed by atoms with Crippen molar-refractivity contribution in [2.45, 2.75) is 73.0 Å². The van der Waals surface area contributed by atoms with Crippen molar-refractivity contribution in [1.29, 1.82) is 0 Å². The fraction of sp³-hybridized carbons (Fsp3) is 0.714. The summed E-state index contributed by atoms with van der Waals surface area (Å²) >= 11 is 0. The Balaban J connectivity index is 0. The predicted octanol–water partition coefficient (Wildman–Crippen LogP) is 1.26. The minimum absolute atomic E-state index is 0.102. The van der Waals surface area contributed by atoms with Crippen LogP contribution >= 0.6 is 0 Å². The molecule has 0 fully saturated rings. The van der Waals surface area contributed by atoms with E-state index in [9.17, 15) is 28.8 Å². The van der Waals surface area contributed by atoms with Gasteiger partial charge in [-0.2, -0.15) is 0 Å². The number of carbonyl (C=O) groups is 6. The van der Waals surface area contributed by atoms with Crippen LogP contribution in [0.2, 0.25) is 0 Å². The Morgan fingerprint density at radius 3 is 1.12 bits per heavy atom. The van der Waals surface area contributed by atoms with E-state index in [2.05, 4.69) is 9.47 Å². The maximum atomic E-state index is 11.1. The highest BCUT2D eigenvalue weighted by Gasteiger charge is 2.18. The summed E-state index contributed by atoms with van der Waals surface area (Å²) in [7, 11) is 0. The van der Waals surface area contributed by atoms with Crippen molar-refractivity contribution < 1.29 is 57.2 Å². The quantitative estimate of drug-likeness (QED) is 0.276. The van der Waals surface area contributed by atoms with Gasteiger partial charge < -0.3 is 28.4 Å². The number of rotatable bonds is 13. The highest BCUT2D eigenvalue weighted by atomic mass is 16.6. The third-order valence-corrected chi connectivity index (χ3v) is 3.30. The van der Waals surface area contributed by atoms with E-state index in [1.807, 2.05) is 0 Å². The first-order chi connectivity index (χ1) is 15.4. The van der Waals surface area contributed by atoms with Crippen LogP contribution in [0.5, 0.6) is 0 Å². The van der Waals surface area contributed by atoms with Gasteiger partial charge in [0.1, 0.15) is 26.4 Å². The van der Waals surface area contributed by atoms with Crippen molar-refractivity contribution in [3.8, 4) is 0 Å². The molecule has 0 heterocycles. The van der Waals surface area contributed by atoms with E-state index in [4.69, 9.17) is 18.9 Å². The summed E-state index contributed by atoms with van der Waals surface area (Å²) in [5.74, 6) is -2.73. The SMILES string of the molecule is CC(=O)OCC(COC(C)=O)OC(C)=O.CCC(=O)OCC(COC(=O)CC)OC(=O)CC. The normalized spacial score (nSPS) is 9.82. The highest BCUT2D eigenvalue weighted by Crippen LogP contribution is 2.01. The first kappa shape index (κ1) is 32.0. The van der Waals surface area contributed by atoms with Crippen LogP contribution in [-0.4, -0.2) is 74.5 Å². The summed E-state index contributed by atoms with van der Waals surface area (Å²) in [5.41, 5.74) is 0. The van der Waals surface area contributed by atoms with Crippen LogP contribution in [0.15, 0.2) is 0 Å². The van der Waals surface area contributed by atoms with E-state index in [1.165, 1.54) is 20.8 Å². The molecule has 0 aliphatic carbocycles. The molecule has 0 amide bonds. The molecule has 0 saturated carbocycles. The van der Waals surface area contributed by atoms with Crippen LogP contribution in [0.4, 0.5) is 0 Å². The smallest absolute Gasteiger partial charge is 0.306 e. The molecule has 33 heavy (non-hydrogen) atoms. The molecule has 0 unspecified atom stereocenters. The zero-order chi connectivity index (χ0) is 25.8. The molecule has 12 heteroatoms. The van der Waals surface area contributed by atoms with E-state index in [0.717, 1.165) is 0 Å². The fourth-order valence-electron chi connectivity index (χ4n) is 1.73. The van der Waals surface area contributed by atoms with Gasteiger partial charge in [-0.05, 0) is 0 Å². The number of ether oxygens (including phenoxy) is 6. The van der Waals surface area contributed by atoms with Gasteiger partial charge in [0.15, 0.2) is 12.2 Å². The molecule has 12 nitrogen and oxygen atoms in total. The maximum absolute atomic E-state index is 11.1. The first-order valence-corrected chi connectivity index (χ1v) is 10.4. The first-order valence-electron chi connectivity index (χ1n) is 10.4. The Kier molecular flexibility index (Phi) is 18.9. The second-order valence-electron chi connectivity index (χ2n) is 6.38. The van der Waals surface area contributed by atoms with Gasteiger partial charge in [-0.25, -0.2) is 0 Å². The molecule has 0 N–H and O–H groups in total. The van der Waals surface area contributed by atoms with Gasteiger partial charge in [0.2, 0.25) is 0 Å². The molecular formula is C21H34O12. The van der Waals surface area contributed by atoms with E-state index in [1.54, 1.807) is 20.8 Å². The van der Waals surface area contributed by atoms with Crippen molar-refractivity contribution in [2.24, 2.45) is 0 Å². The molecule has 0 aromatic carbocycles. The zero-order valence-electron chi connectivity index (χ0n) is 20.0. The average molecular weight is 478 g/mol. The molecule has 0 aromatic heterocycles. The summed E-state index contributed by atoms with van der Waals surface area (Å²) in [6.07, 6.45) is -0.814. The molecule has 0 radical (unpaired) electrons. The molecule has 0 spiro atoms. The third kappa shape index (κ3) is 21.8. The summed E-state index contributed by atoms with van der Waals surface area (Å²) in [5, 5.41) is 0. The summed E-state index contributed by atoms with van der Waals surface area (Å²) in [4.78, 5) is 64.8. The lowest BCUT2D eigenvalue weighted by atomic mass is 10.4. The average Bonchev–Trinajstić information content (AvgIpc) is 2.76. The van der Waals surface area contributed by atoms with Crippen molar-refractivity contribution in [3.05, 3.63) is 0 Å². The van der Waals surface area contributed by atoms with E-state index >= 15 is 0 Å². The lowest BCUT2D eigenvalue weighted by Crippen LogP contribution is -2.30. The largest absolute Gasteiger partial charge is 0.462 e. The van der Waals surface area contributed by atoms with Gasteiger partial charge >= 0.3 is 35.8 Å². The molecule has 0 rings (SSSR count). The number of esters is 6. The molecule has 0 saturated heterocycles. The number of carbonyl (C=O) groups excluding carboxylic acids is 6. The minimum atomic E-state index is -0.754. The Hall–Kier alpha value is -3.18.